The van der Waals surface area contributed by atoms with Crippen LogP contribution in [0.25, 0.3) is 0 Å². The van der Waals surface area contributed by atoms with Crippen LogP contribution in [0.5, 0.6) is 0 Å². The molecule has 112 valence electrons. The maximum Gasteiger partial charge on any atom is 0.267 e. The highest BCUT2D eigenvalue weighted by Gasteiger charge is 2.20. The van der Waals surface area contributed by atoms with Gasteiger partial charge in [0.05, 0.1) is 0 Å². The van der Waals surface area contributed by atoms with Crippen molar-refractivity contribution in [3.8, 4) is 0 Å². The lowest BCUT2D eigenvalue weighted by molar-refractivity contribution is 0.568. The minimum Gasteiger partial charge on any atom is -0.313 e. The third-order valence-electron chi connectivity index (χ3n) is 2.66. The summed E-state index contributed by atoms with van der Waals surface area (Å²) in [7, 11) is -4.07. The van der Waals surface area contributed by atoms with Gasteiger partial charge in [-0.15, -0.1) is 0 Å². The van der Waals surface area contributed by atoms with Crippen LogP contribution in [0.4, 0.5) is 10.3 Å². The molecule has 0 radical (unpaired) electrons. The molecule has 2 aromatic rings. The van der Waals surface area contributed by atoms with Crippen LogP contribution in [0, 0.1) is 5.82 Å². The van der Waals surface area contributed by atoms with Gasteiger partial charge in [-0.3, -0.25) is 0 Å². The van der Waals surface area contributed by atoms with E-state index in [4.69, 9.17) is 0 Å². The Morgan fingerprint density at radius 3 is 2.62 bits per heavy atom. The molecule has 0 bridgehead atoms. The Morgan fingerprint density at radius 1 is 1.24 bits per heavy atom. The van der Waals surface area contributed by atoms with E-state index in [1.165, 1.54) is 24.5 Å². The zero-order chi connectivity index (χ0) is 15.3. The van der Waals surface area contributed by atoms with Gasteiger partial charge in [-0.1, -0.05) is 13.0 Å². The van der Waals surface area contributed by atoms with Crippen molar-refractivity contribution in [2.75, 3.05) is 11.3 Å². The highest BCUT2D eigenvalue weighted by molar-refractivity contribution is 7.92. The van der Waals surface area contributed by atoms with Crippen LogP contribution < -0.4 is 10.0 Å². The van der Waals surface area contributed by atoms with Gasteiger partial charge in [0.2, 0.25) is 5.95 Å². The summed E-state index contributed by atoms with van der Waals surface area (Å²) in [6.07, 6.45) is 2.78. The lowest BCUT2D eigenvalue weighted by atomic mass is 10.2. The maximum atomic E-state index is 13.8. The quantitative estimate of drug-likeness (QED) is 0.845. The smallest absolute Gasteiger partial charge is 0.267 e. The normalized spacial score (nSPS) is 11.3. The molecule has 0 spiro atoms. The van der Waals surface area contributed by atoms with E-state index in [0.717, 1.165) is 12.6 Å². The number of rotatable bonds is 6. The second-order valence-electron chi connectivity index (χ2n) is 4.22. The van der Waals surface area contributed by atoms with Gasteiger partial charge in [0, 0.05) is 18.9 Å². The fraction of sp³-hybridized carbons (Fsp3) is 0.231. The highest BCUT2D eigenvalue weighted by atomic mass is 32.2. The van der Waals surface area contributed by atoms with Crippen LogP contribution >= 0.6 is 0 Å². The number of halogens is 1. The summed E-state index contributed by atoms with van der Waals surface area (Å²) in [5.41, 5.74) is 0.674. The van der Waals surface area contributed by atoms with E-state index in [0.29, 0.717) is 12.1 Å². The Hall–Kier alpha value is -2.06. The molecule has 0 atom stereocenters. The largest absolute Gasteiger partial charge is 0.313 e. The Morgan fingerprint density at radius 2 is 1.95 bits per heavy atom. The van der Waals surface area contributed by atoms with Crippen molar-refractivity contribution in [3.05, 3.63) is 48.0 Å². The van der Waals surface area contributed by atoms with Gasteiger partial charge >= 0.3 is 0 Å². The number of aromatic nitrogens is 2. The monoisotopic (exact) mass is 310 g/mol. The van der Waals surface area contributed by atoms with Gasteiger partial charge in [0.15, 0.2) is 0 Å². The van der Waals surface area contributed by atoms with Crippen LogP contribution in [0.15, 0.2) is 41.6 Å². The molecule has 0 unspecified atom stereocenters. The third-order valence-corrected chi connectivity index (χ3v) is 4.00. The van der Waals surface area contributed by atoms with Crippen molar-refractivity contribution in [2.24, 2.45) is 0 Å². The molecule has 2 rings (SSSR count). The summed E-state index contributed by atoms with van der Waals surface area (Å²) >= 11 is 0. The van der Waals surface area contributed by atoms with Crippen molar-refractivity contribution in [3.63, 3.8) is 0 Å². The number of sulfonamides is 1. The molecule has 0 aliphatic carbocycles. The first-order valence-electron chi connectivity index (χ1n) is 6.32. The molecule has 6 nitrogen and oxygen atoms in total. The third kappa shape index (κ3) is 3.96. The number of nitrogens with zero attached hydrogens (tertiary/aromatic N) is 2. The van der Waals surface area contributed by atoms with E-state index in [2.05, 4.69) is 20.0 Å². The molecule has 21 heavy (non-hydrogen) atoms. The number of nitrogens with one attached hydrogen (secondary N) is 2. The van der Waals surface area contributed by atoms with Crippen molar-refractivity contribution in [2.45, 2.75) is 18.4 Å². The number of hydrogen-bond acceptors (Lipinski definition) is 5. The Kier molecular flexibility index (Phi) is 4.81. The fourth-order valence-electron chi connectivity index (χ4n) is 1.66. The van der Waals surface area contributed by atoms with Gasteiger partial charge in [-0.25, -0.2) is 27.5 Å². The molecular formula is C13H15FN4O2S. The van der Waals surface area contributed by atoms with Gasteiger partial charge in [0.25, 0.3) is 10.0 Å². The molecule has 0 saturated heterocycles. The van der Waals surface area contributed by atoms with E-state index in [1.54, 1.807) is 6.07 Å². The van der Waals surface area contributed by atoms with Crippen LogP contribution in [-0.2, 0) is 16.6 Å². The molecule has 1 aromatic heterocycles. The van der Waals surface area contributed by atoms with Crippen LogP contribution in [0.2, 0.25) is 0 Å². The molecule has 0 amide bonds. The van der Waals surface area contributed by atoms with Crippen LogP contribution in [0.3, 0.4) is 0 Å². The number of anilines is 1. The Labute approximate surface area is 122 Å². The van der Waals surface area contributed by atoms with Crippen molar-refractivity contribution in [1.82, 2.24) is 15.3 Å². The lowest BCUT2D eigenvalue weighted by Crippen LogP contribution is -2.17. The number of hydrogen-bond donors (Lipinski definition) is 2. The van der Waals surface area contributed by atoms with E-state index in [1.807, 2.05) is 6.92 Å². The van der Waals surface area contributed by atoms with Crippen LogP contribution in [0.1, 0.15) is 12.5 Å². The van der Waals surface area contributed by atoms with Crippen molar-refractivity contribution < 1.29 is 12.8 Å². The molecule has 8 heteroatoms. The van der Waals surface area contributed by atoms with Gasteiger partial charge in [-0.05, 0) is 30.3 Å². The van der Waals surface area contributed by atoms with E-state index < -0.39 is 20.7 Å². The molecule has 2 N–H and O–H groups in total. The standard InChI is InChI=1S/C13H15FN4O2S/c1-2-15-9-10-4-5-11(14)12(8-10)21(19,20)18-13-16-6-3-7-17-13/h3-8,15H,2,9H2,1H3,(H,16,17,18). The first kappa shape index (κ1) is 15.3. The molecule has 0 fully saturated rings. The van der Waals surface area contributed by atoms with E-state index >= 15 is 0 Å². The van der Waals surface area contributed by atoms with Crippen molar-refractivity contribution >= 4 is 16.0 Å². The average molecular weight is 310 g/mol. The second kappa shape index (κ2) is 6.59. The maximum absolute atomic E-state index is 13.8. The lowest BCUT2D eigenvalue weighted by Gasteiger charge is -2.09. The zero-order valence-corrected chi connectivity index (χ0v) is 12.2. The summed E-state index contributed by atoms with van der Waals surface area (Å²) < 4.78 is 40.4. The molecule has 1 heterocycles. The minimum atomic E-state index is -4.07. The van der Waals surface area contributed by atoms with Gasteiger partial charge < -0.3 is 5.32 Å². The fourth-order valence-corrected chi connectivity index (χ4v) is 2.75. The molecule has 0 saturated carbocycles. The number of benzene rings is 1. The Bertz CT molecular complexity index is 707. The van der Waals surface area contributed by atoms with E-state index in [-0.39, 0.29) is 5.95 Å². The van der Waals surface area contributed by atoms with Gasteiger partial charge in [0.1, 0.15) is 10.7 Å². The summed E-state index contributed by atoms with van der Waals surface area (Å²) in [6.45, 7) is 3.12. The highest BCUT2D eigenvalue weighted by Crippen LogP contribution is 2.18. The van der Waals surface area contributed by atoms with Crippen molar-refractivity contribution in [1.29, 1.82) is 0 Å². The predicted octanol–water partition coefficient (Wildman–Crippen LogP) is 1.53. The predicted molar refractivity (Wildman–Crippen MR) is 76.6 cm³/mol. The molecule has 1 aromatic carbocycles. The van der Waals surface area contributed by atoms with Gasteiger partial charge in [-0.2, -0.15) is 0 Å². The second-order valence-corrected chi connectivity index (χ2v) is 5.87. The first-order valence-corrected chi connectivity index (χ1v) is 7.80. The Balaban J connectivity index is 2.30. The summed E-state index contributed by atoms with van der Waals surface area (Å²) in [5.74, 6) is -0.923. The summed E-state index contributed by atoms with van der Waals surface area (Å²) in [5, 5.41) is 3.05. The van der Waals surface area contributed by atoms with E-state index in [9.17, 15) is 12.8 Å². The zero-order valence-electron chi connectivity index (χ0n) is 11.4. The first-order chi connectivity index (χ1) is 10.0. The minimum absolute atomic E-state index is 0.103. The molecule has 0 aliphatic heterocycles. The summed E-state index contributed by atoms with van der Waals surface area (Å²) in [4.78, 5) is 7.08. The molecular weight excluding hydrogens is 295 g/mol. The van der Waals surface area contributed by atoms with Crippen LogP contribution in [-0.4, -0.2) is 24.9 Å². The average Bonchev–Trinajstić information content (AvgIpc) is 2.47. The molecule has 0 aliphatic rings. The SMILES string of the molecule is CCNCc1ccc(F)c(S(=O)(=O)Nc2ncccn2)c1. The topological polar surface area (TPSA) is 84.0 Å². The summed E-state index contributed by atoms with van der Waals surface area (Å²) in [6, 6.07) is 5.52.